The van der Waals surface area contributed by atoms with Crippen LogP contribution in [0.3, 0.4) is 0 Å². The van der Waals surface area contributed by atoms with Gasteiger partial charge in [-0.05, 0) is 96.3 Å². The predicted molar refractivity (Wildman–Crippen MR) is 203 cm³/mol. The van der Waals surface area contributed by atoms with Gasteiger partial charge in [-0.25, -0.2) is 0 Å². The summed E-state index contributed by atoms with van der Waals surface area (Å²) in [5.41, 5.74) is 3.33. The van der Waals surface area contributed by atoms with Gasteiger partial charge in [0.1, 0.15) is 18.2 Å². The Hall–Kier alpha value is -4.22. The molecule has 4 unspecified atom stereocenters. The molecule has 4 heterocycles. The lowest BCUT2D eigenvalue weighted by molar-refractivity contribution is 0.0497. The molecule has 2 amide bonds. The fourth-order valence-corrected chi connectivity index (χ4v) is 8.52. The van der Waals surface area contributed by atoms with Crippen molar-refractivity contribution >= 4 is 23.2 Å². The highest BCUT2D eigenvalue weighted by atomic mass is 16.5. The number of methoxy groups -OCH3 is 1. The third kappa shape index (κ3) is 7.09. The Morgan fingerprint density at radius 2 is 1.31 bits per heavy atom. The van der Waals surface area contributed by atoms with Crippen LogP contribution in [0.5, 0.6) is 17.2 Å². The number of aliphatic hydroxyl groups is 2. The Labute approximate surface area is 308 Å². The van der Waals surface area contributed by atoms with E-state index in [1.165, 1.54) is 0 Å². The maximum Gasteiger partial charge on any atom is 0.256 e. The van der Waals surface area contributed by atoms with E-state index in [4.69, 9.17) is 14.2 Å². The molecule has 4 aliphatic rings. The fraction of sp³-hybridized carbons (Fsp3) is 0.561. The number of benzene rings is 2. The Morgan fingerprint density at radius 1 is 0.769 bits per heavy atom. The van der Waals surface area contributed by atoms with Gasteiger partial charge in [0.05, 0.1) is 54.9 Å². The summed E-state index contributed by atoms with van der Waals surface area (Å²) in [6, 6.07) is 6.79. The number of aliphatic hydroxyl groups excluding tert-OH is 2. The maximum atomic E-state index is 13.8. The minimum absolute atomic E-state index is 0.0182. The molecule has 0 radical (unpaired) electrons. The van der Waals surface area contributed by atoms with Gasteiger partial charge in [0, 0.05) is 38.3 Å². The first kappa shape index (κ1) is 37.5. The molecule has 11 heteroatoms. The highest BCUT2D eigenvalue weighted by Gasteiger charge is 2.46. The lowest BCUT2D eigenvalue weighted by Crippen LogP contribution is -2.50. The smallest absolute Gasteiger partial charge is 0.256 e. The third-order valence-electron chi connectivity index (χ3n) is 11.1. The lowest BCUT2D eigenvalue weighted by atomic mass is 10.0. The zero-order valence-electron chi connectivity index (χ0n) is 31.7. The number of hydrogen-bond donors (Lipinski definition) is 2. The number of hydrogen-bond acceptors (Lipinski definition) is 9. The van der Waals surface area contributed by atoms with E-state index in [-0.39, 0.29) is 41.8 Å². The Morgan fingerprint density at radius 3 is 1.87 bits per heavy atom. The molecule has 0 aromatic heterocycles. The van der Waals surface area contributed by atoms with Crippen LogP contribution in [0.25, 0.3) is 0 Å². The van der Waals surface area contributed by atoms with Gasteiger partial charge in [0.15, 0.2) is 11.5 Å². The number of anilines is 2. The van der Waals surface area contributed by atoms with Crippen molar-refractivity contribution in [2.24, 2.45) is 11.8 Å². The van der Waals surface area contributed by atoms with Crippen LogP contribution in [0, 0.1) is 18.8 Å². The zero-order valence-corrected chi connectivity index (χ0v) is 31.7. The third-order valence-corrected chi connectivity index (χ3v) is 11.1. The predicted octanol–water partition coefficient (Wildman–Crippen LogP) is 5.76. The number of unbranched alkanes of at least 4 members (excludes halogenated alkanes) is 2. The number of aryl methyl sites for hydroxylation is 1. The minimum atomic E-state index is -0.836. The number of likely N-dealkylation sites (N-methyl/N-ethyl adjacent to an activating group) is 1. The normalized spacial score (nSPS) is 25.8. The average molecular weight is 717 g/mol. The second kappa shape index (κ2) is 15.8. The number of fused-ring (bicyclic) bond motifs is 4. The van der Waals surface area contributed by atoms with Gasteiger partial charge in [0.2, 0.25) is 0 Å². The number of carbonyl (C=O) groups is 2. The summed E-state index contributed by atoms with van der Waals surface area (Å²) in [7, 11) is 3.38. The summed E-state index contributed by atoms with van der Waals surface area (Å²) in [6.45, 7) is 12.1. The summed E-state index contributed by atoms with van der Waals surface area (Å²) < 4.78 is 18.1. The molecule has 2 aromatic rings. The van der Waals surface area contributed by atoms with Crippen molar-refractivity contribution in [3.8, 4) is 17.2 Å². The summed E-state index contributed by atoms with van der Waals surface area (Å²) >= 11 is 0. The number of carbonyl (C=O) groups excluding carboxylic acids is 2. The maximum absolute atomic E-state index is 13.8. The Bertz CT molecular complexity index is 1690. The molecule has 6 atom stereocenters. The zero-order chi connectivity index (χ0) is 37.3. The van der Waals surface area contributed by atoms with E-state index in [9.17, 15) is 19.8 Å². The molecule has 2 saturated heterocycles. The quantitative estimate of drug-likeness (QED) is 0.209. The van der Waals surface area contributed by atoms with Crippen molar-refractivity contribution in [1.82, 2.24) is 9.80 Å². The molecule has 2 N–H and O–H groups in total. The second-order valence-electron chi connectivity index (χ2n) is 14.9. The summed E-state index contributed by atoms with van der Waals surface area (Å²) in [6.07, 6.45) is 10.5. The number of allylic oxidation sites excluding steroid dienone is 2. The van der Waals surface area contributed by atoms with Crippen LogP contribution < -0.4 is 24.0 Å². The summed E-state index contributed by atoms with van der Waals surface area (Å²) in [5, 5.41) is 22.9. The van der Waals surface area contributed by atoms with Crippen molar-refractivity contribution in [3.05, 3.63) is 65.3 Å². The van der Waals surface area contributed by atoms with Crippen LogP contribution in [0.15, 0.2) is 48.6 Å². The SMILES string of the molecule is C/C=C/C1C[C@H]2C(O)N(C)c3cc(OCCCCCOc4cc5c(cc4C)C(=O)N4CC(/C=C/C)C[C@H]4C(O)N5C(C)C)c(OC)cc3C(=O)N2C1. The molecule has 282 valence electrons. The Kier molecular flexibility index (Phi) is 11.4. The monoisotopic (exact) mass is 716 g/mol. The number of nitrogens with zero attached hydrogens (tertiary/aromatic N) is 4. The van der Waals surface area contributed by atoms with E-state index >= 15 is 0 Å². The summed E-state index contributed by atoms with van der Waals surface area (Å²) in [5.74, 6) is 2.03. The molecule has 0 aliphatic carbocycles. The van der Waals surface area contributed by atoms with Gasteiger partial charge >= 0.3 is 0 Å². The van der Waals surface area contributed by atoms with Crippen molar-refractivity contribution < 1.29 is 34.0 Å². The molecule has 0 spiro atoms. The van der Waals surface area contributed by atoms with Crippen LogP contribution in [-0.2, 0) is 0 Å². The van der Waals surface area contributed by atoms with Gasteiger partial charge in [0.25, 0.3) is 11.8 Å². The number of ether oxygens (including phenoxy) is 3. The van der Waals surface area contributed by atoms with Crippen LogP contribution in [-0.4, -0.2) is 103 Å². The van der Waals surface area contributed by atoms with Gasteiger partial charge in [-0.3, -0.25) is 9.59 Å². The Balaban J connectivity index is 1.06. The van der Waals surface area contributed by atoms with E-state index < -0.39 is 12.5 Å². The van der Waals surface area contributed by atoms with Gasteiger partial charge in [-0.2, -0.15) is 0 Å². The van der Waals surface area contributed by atoms with Crippen LogP contribution in [0.1, 0.15) is 86.1 Å². The minimum Gasteiger partial charge on any atom is -0.493 e. The lowest BCUT2D eigenvalue weighted by Gasteiger charge is -2.37. The van der Waals surface area contributed by atoms with Crippen LogP contribution >= 0.6 is 0 Å². The molecule has 6 rings (SSSR count). The van der Waals surface area contributed by atoms with Crippen LogP contribution in [0.4, 0.5) is 11.4 Å². The highest BCUT2D eigenvalue weighted by molar-refractivity contribution is 6.02. The van der Waals surface area contributed by atoms with Gasteiger partial charge < -0.3 is 44.0 Å². The van der Waals surface area contributed by atoms with Crippen molar-refractivity contribution in [2.75, 3.05) is 50.3 Å². The molecule has 11 nitrogen and oxygen atoms in total. The topological polar surface area (TPSA) is 115 Å². The standard InChI is InChI=1S/C41H56N4O7/c1-8-13-27-18-33-40(48)42(6)31-21-37(36(50-7)20-30(31)39(47)43(33)23-27)52-16-12-10-11-15-51-35-22-32-29(17-26(35)5)38(46)44-24-28(14-9-2)19-34(44)41(49)45(32)25(3)4/h8-9,13-14,17,20-22,25,27-28,33-34,40-41,48-49H,10-12,15-16,18-19,23-24H2,1-7H3/b13-8+,14-9+/t27?,28?,33-,34-,40?,41?/m0/s1. The molecule has 4 aliphatic heterocycles. The highest BCUT2D eigenvalue weighted by Crippen LogP contribution is 2.43. The van der Waals surface area contributed by atoms with Gasteiger partial charge in [-0.15, -0.1) is 0 Å². The summed E-state index contributed by atoms with van der Waals surface area (Å²) in [4.78, 5) is 34.9. The first-order valence-electron chi connectivity index (χ1n) is 18.9. The molecule has 52 heavy (non-hydrogen) atoms. The molecule has 0 saturated carbocycles. The fourth-order valence-electron chi connectivity index (χ4n) is 8.52. The number of rotatable bonds is 12. The largest absolute Gasteiger partial charge is 0.493 e. The van der Waals surface area contributed by atoms with E-state index in [0.29, 0.717) is 72.5 Å². The van der Waals surface area contributed by atoms with Crippen LogP contribution in [0.2, 0.25) is 0 Å². The average Bonchev–Trinajstić information content (AvgIpc) is 3.72. The van der Waals surface area contributed by atoms with Crippen molar-refractivity contribution in [1.29, 1.82) is 0 Å². The molecule has 0 bridgehead atoms. The molecule has 2 fully saturated rings. The van der Waals surface area contributed by atoms with E-state index in [2.05, 4.69) is 12.2 Å². The first-order valence-corrected chi connectivity index (χ1v) is 18.9. The van der Waals surface area contributed by atoms with Crippen molar-refractivity contribution in [2.45, 2.75) is 97.3 Å². The van der Waals surface area contributed by atoms with E-state index in [1.54, 1.807) is 29.0 Å². The van der Waals surface area contributed by atoms with Gasteiger partial charge in [-0.1, -0.05) is 24.3 Å². The number of amides is 2. The van der Waals surface area contributed by atoms with Crippen molar-refractivity contribution in [3.63, 3.8) is 0 Å². The molecule has 2 aromatic carbocycles. The van der Waals surface area contributed by atoms with E-state index in [1.807, 2.05) is 75.8 Å². The molecular weight excluding hydrogens is 660 g/mol. The second-order valence-corrected chi connectivity index (χ2v) is 14.9. The van der Waals surface area contributed by atoms with E-state index in [0.717, 1.165) is 31.2 Å². The first-order chi connectivity index (χ1) is 25.0. The molecular formula is C41H56N4O7.